The zero-order valence-electron chi connectivity index (χ0n) is 11.4. The van der Waals surface area contributed by atoms with Gasteiger partial charge in [-0.3, -0.25) is 4.79 Å². The highest BCUT2D eigenvalue weighted by atomic mass is 35.5. The molecule has 1 aromatic carbocycles. The molecule has 0 bridgehead atoms. The monoisotopic (exact) mass is 283 g/mol. The smallest absolute Gasteiger partial charge is 0.223 e. The topological polar surface area (TPSA) is 38.3 Å². The van der Waals surface area contributed by atoms with E-state index in [9.17, 15) is 4.79 Å². The number of hydrogen-bond acceptors (Lipinski definition) is 2. The van der Waals surface area contributed by atoms with Crippen molar-refractivity contribution in [1.29, 1.82) is 0 Å². The van der Waals surface area contributed by atoms with Gasteiger partial charge in [-0.25, -0.2) is 0 Å². The van der Waals surface area contributed by atoms with Crippen LogP contribution in [-0.2, 0) is 4.79 Å². The van der Waals surface area contributed by atoms with Gasteiger partial charge in [0, 0.05) is 12.4 Å². The van der Waals surface area contributed by atoms with Gasteiger partial charge in [0.2, 0.25) is 5.91 Å². The third-order valence-corrected chi connectivity index (χ3v) is 3.24. The fourth-order valence-electron chi connectivity index (χ4n) is 1.73. The fourth-order valence-corrected chi connectivity index (χ4v) is 2.04. The Labute approximate surface area is 120 Å². The number of nitrogens with one attached hydrogen (secondary N) is 1. The van der Waals surface area contributed by atoms with Crippen molar-refractivity contribution in [2.45, 2.75) is 26.2 Å². The molecule has 106 valence electrons. The molecule has 0 aromatic heterocycles. The standard InChI is InChI=1S/C15H22ClNO2/c1-2-13(8-10-16)12-17-15(18)9-11-19-14-6-4-3-5-7-14/h3-7,13H,2,8-12H2,1H3,(H,17,18). The average molecular weight is 284 g/mol. The van der Waals surface area contributed by atoms with Crippen LogP contribution in [0.4, 0.5) is 0 Å². The van der Waals surface area contributed by atoms with Gasteiger partial charge in [0.1, 0.15) is 5.75 Å². The van der Waals surface area contributed by atoms with Crippen molar-refractivity contribution in [3.63, 3.8) is 0 Å². The summed E-state index contributed by atoms with van der Waals surface area (Å²) < 4.78 is 5.48. The van der Waals surface area contributed by atoms with Crippen molar-refractivity contribution >= 4 is 17.5 Å². The molecular formula is C15H22ClNO2. The number of ether oxygens (including phenoxy) is 1. The molecule has 1 amide bonds. The summed E-state index contributed by atoms with van der Waals surface area (Å²) in [4.78, 5) is 11.6. The highest BCUT2D eigenvalue weighted by molar-refractivity contribution is 6.17. The molecule has 1 N–H and O–H groups in total. The number of rotatable bonds is 9. The van der Waals surface area contributed by atoms with Crippen molar-refractivity contribution in [3.8, 4) is 5.75 Å². The van der Waals surface area contributed by atoms with E-state index >= 15 is 0 Å². The van der Waals surface area contributed by atoms with Crippen molar-refractivity contribution in [1.82, 2.24) is 5.32 Å². The lowest BCUT2D eigenvalue weighted by Gasteiger charge is -2.14. The van der Waals surface area contributed by atoms with Gasteiger partial charge in [0.05, 0.1) is 13.0 Å². The summed E-state index contributed by atoms with van der Waals surface area (Å²) in [6.45, 7) is 3.22. The molecule has 1 unspecified atom stereocenters. The molecular weight excluding hydrogens is 262 g/mol. The molecule has 0 radical (unpaired) electrons. The molecule has 0 aliphatic rings. The summed E-state index contributed by atoms with van der Waals surface area (Å²) in [5.74, 6) is 1.94. The third-order valence-electron chi connectivity index (χ3n) is 3.02. The van der Waals surface area contributed by atoms with E-state index in [2.05, 4.69) is 12.2 Å². The van der Waals surface area contributed by atoms with E-state index in [1.54, 1.807) is 0 Å². The minimum Gasteiger partial charge on any atom is -0.493 e. The van der Waals surface area contributed by atoms with Crippen LogP contribution in [0, 0.1) is 5.92 Å². The van der Waals surface area contributed by atoms with Gasteiger partial charge in [-0.2, -0.15) is 0 Å². The predicted octanol–water partition coefficient (Wildman–Crippen LogP) is 3.23. The molecule has 0 aliphatic heterocycles. The minimum atomic E-state index is 0.0314. The second-order valence-corrected chi connectivity index (χ2v) is 4.85. The Hall–Kier alpha value is -1.22. The molecule has 0 aliphatic carbocycles. The normalized spacial score (nSPS) is 11.9. The van der Waals surface area contributed by atoms with E-state index in [0.717, 1.165) is 18.6 Å². The molecule has 0 fully saturated rings. The minimum absolute atomic E-state index is 0.0314. The first-order valence-corrected chi connectivity index (χ1v) is 7.30. The molecule has 19 heavy (non-hydrogen) atoms. The summed E-state index contributed by atoms with van der Waals surface area (Å²) >= 11 is 5.71. The zero-order chi connectivity index (χ0) is 13.9. The quantitative estimate of drug-likeness (QED) is 0.707. The van der Waals surface area contributed by atoms with Crippen molar-refractivity contribution in [2.24, 2.45) is 5.92 Å². The van der Waals surface area contributed by atoms with E-state index in [4.69, 9.17) is 16.3 Å². The molecule has 1 aromatic rings. The summed E-state index contributed by atoms with van der Waals surface area (Å²) in [5.41, 5.74) is 0. The maximum absolute atomic E-state index is 11.6. The summed E-state index contributed by atoms with van der Waals surface area (Å²) in [7, 11) is 0. The highest BCUT2D eigenvalue weighted by Gasteiger charge is 2.08. The maximum atomic E-state index is 11.6. The van der Waals surface area contributed by atoms with Crippen molar-refractivity contribution in [3.05, 3.63) is 30.3 Å². The zero-order valence-corrected chi connectivity index (χ0v) is 12.2. The van der Waals surface area contributed by atoms with Gasteiger partial charge in [0.15, 0.2) is 0 Å². The van der Waals surface area contributed by atoms with E-state index in [-0.39, 0.29) is 5.91 Å². The van der Waals surface area contributed by atoms with Gasteiger partial charge >= 0.3 is 0 Å². The lowest BCUT2D eigenvalue weighted by atomic mass is 10.0. The number of carbonyl (C=O) groups excluding carboxylic acids is 1. The summed E-state index contributed by atoms with van der Waals surface area (Å²) in [5, 5.41) is 2.93. The largest absolute Gasteiger partial charge is 0.493 e. The lowest BCUT2D eigenvalue weighted by molar-refractivity contribution is -0.121. The number of para-hydroxylation sites is 1. The Morgan fingerprint density at radius 2 is 2.11 bits per heavy atom. The molecule has 3 nitrogen and oxygen atoms in total. The number of amides is 1. The number of alkyl halides is 1. The Bertz CT molecular complexity index is 356. The van der Waals surface area contributed by atoms with Crippen LogP contribution in [-0.4, -0.2) is 24.9 Å². The summed E-state index contributed by atoms with van der Waals surface area (Å²) in [6.07, 6.45) is 2.36. The Morgan fingerprint density at radius 1 is 1.37 bits per heavy atom. The molecule has 0 saturated heterocycles. The van der Waals surface area contributed by atoms with Gasteiger partial charge in [-0.05, 0) is 24.5 Å². The van der Waals surface area contributed by atoms with E-state index in [0.29, 0.717) is 31.4 Å². The van der Waals surface area contributed by atoms with Gasteiger partial charge in [-0.1, -0.05) is 31.5 Å². The second-order valence-electron chi connectivity index (χ2n) is 4.47. The first-order valence-electron chi connectivity index (χ1n) is 6.76. The van der Waals surface area contributed by atoms with Crippen LogP contribution < -0.4 is 10.1 Å². The lowest BCUT2D eigenvalue weighted by Crippen LogP contribution is -2.30. The van der Waals surface area contributed by atoms with E-state index < -0.39 is 0 Å². The van der Waals surface area contributed by atoms with Crippen LogP contribution in [0.2, 0.25) is 0 Å². The third kappa shape index (κ3) is 7.06. The first kappa shape index (κ1) is 15.8. The molecule has 0 spiro atoms. The molecule has 1 atom stereocenters. The van der Waals surface area contributed by atoms with Crippen LogP contribution >= 0.6 is 11.6 Å². The molecule has 1 rings (SSSR count). The van der Waals surface area contributed by atoms with Gasteiger partial charge in [-0.15, -0.1) is 11.6 Å². The predicted molar refractivity (Wildman–Crippen MR) is 78.7 cm³/mol. The van der Waals surface area contributed by atoms with Gasteiger partial charge in [0.25, 0.3) is 0 Å². The fraction of sp³-hybridized carbons (Fsp3) is 0.533. The summed E-state index contributed by atoms with van der Waals surface area (Å²) in [6, 6.07) is 9.51. The number of halogens is 1. The molecule has 0 heterocycles. The second kappa shape index (κ2) is 9.68. The number of carbonyl (C=O) groups is 1. The first-order chi connectivity index (χ1) is 9.26. The van der Waals surface area contributed by atoms with Crippen molar-refractivity contribution in [2.75, 3.05) is 19.0 Å². The Balaban J connectivity index is 2.14. The van der Waals surface area contributed by atoms with Crippen LogP contribution in [0.25, 0.3) is 0 Å². The SMILES string of the molecule is CCC(CCCl)CNC(=O)CCOc1ccccc1. The van der Waals surface area contributed by atoms with Crippen LogP contribution in [0.5, 0.6) is 5.75 Å². The van der Waals surface area contributed by atoms with Crippen LogP contribution in [0.1, 0.15) is 26.2 Å². The molecule has 4 heteroatoms. The number of hydrogen-bond donors (Lipinski definition) is 1. The Kier molecular flexibility index (Phi) is 8.07. The van der Waals surface area contributed by atoms with Gasteiger partial charge < -0.3 is 10.1 Å². The number of benzene rings is 1. The van der Waals surface area contributed by atoms with Crippen LogP contribution in [0.15, 0.2) is 30.3 Å². The average Bonchev–Trinajstić information content (AvgIpc) is 2.44. The van der Waals surface area contributed by atoms with E-state index in [1.807, 2.05) is 30.3 Å². The Morgan fingerprint density at radius 3 is 2.74 bits per heavy atom. The molecule has 0 saturated carbocycles. The van der Waals surface area contributed by atoms with Crippen LogP contribution in [0.3, 0.4) is 0 Å². The maximum Gasteiger partial charge on any atom is 0.223 e. The van der Waals surface area contributed by atoms with E-state index in [1.165, 1.54) is 0 Å². The van der Waals surface area contributed by atoms with Crippen molar-refractivity contribution < 1.29 is 9.53 Å². The highest BCUT2D eigenvalue weighted by Crippen LogP contribution is 2.09.